The Morgan fingerprint density at radius 3 is 2.48 bits per heavy atom. The van der Waals surface area contributed by atoms with Crippen LogP contribution >= 0.6 is 27.7 Å². The Hall–Kier alpha value is -2.71. The third-order valence-electron chi connectivity index (χ3n) is 4.27. The molecule has 0 fully saturated rings. The van der Waals surface area contributed by atoms with Crippen LogP contribution in [0, 0.1) is 5.82 Å². The highest BCUT2D eigenvalue weighted by atomic mass is 79.9. The molecule has 0 saturated heterocycles. The molecule has 0 unspecified atom stereocenters. The zero-order chi connectivity index (χ0) is 20.2. The van der Waals surface area contributed by atoms with Gasteiger partial charge in [-0.25, -0.2) is 4.39 Å². The molecule has 29 heavy (non-hydrogen) atoms. The fourth-order valence-electron chi connectivity index (χ4n) is 2.80. The van der Waals surface area contributed by atoms with Gasteiger partial charge in [0.15, 0.2) is 11.0 Å². The van der Waals surface area contributed by atoms with Crippen molar-refractivity contribution in [3.8, 4) is 22.8 Å². The predicted molar refractivity (Wildman–Crippen MR) is 115 cm³/mol. The fraction of sp³-hybridized carbons (Fsp3) is 0.0952. The first-order chi connectivity index (χ1) is 14.2. The minimum absolute atomic E-state index is 0.253. The summed E-state index contributed by atoms with van der Waals surface area (Å²) in [4.78, 5) is 4.07. The summed E-state index contributed by atoms with van der Waals surface area (Å²) in [6, 6.07) is 16.5. The number of hydrogen-bond donors (Lipinski definition) is 0. The second-order valence-electron chi connectivity index (χ2n) is 6.10. The lowest BCUT2D eigenvalue weighted by Gasteiger charge is -2.11. The zero-order valence-corrected chi connectivity index (χ0v) is 17.8. The Labute approximate surface area is 180 Å². The number of nitrogens with zero attached hydrogens (tertiary/aromatic N) is 4. The topological polar surface area (TPSA) is 52.8 Å². The van der Waals surface area contributed by atoms with Gasteiger partial charge in [-0.15, -0.1) is 10.2 Å². The molecular weight excluding hydrogens is 455 g/mol. The van der Waals surface area contributed by atoms with E-state index in [4.69, 9.17) is 4.74 Å². The Morgan fingerprint density at radius 1 is 1.03 bits per heavy atom. The van der Waals surface area contributed by atoms with Crippen LogP contribution in [0.25, 0.3) is 17.1 Å². The molecule has 2 aromatic heterocycles. The van der Waals surface area contributed by atoms with E-state index >= 15 is 0 Å². The minimum atomic E-state index is -0.253. The molecule has 0 spiro atoms. The number of methoxy groups -OCH3 is 1. The van der Waals surface area contributed by atoms with Gasteiger partial charge in [-0.05, 0) is 54.1 Å². The number of hydrogen-bond acceptors (Lipinski definition) is 5. The van der Waals surface area contributed by atoms with E-state index in [1.165, 1.54) is 17.8 Å². The predicted octanol–water partition coefficient (Wildman–Crippen LogP) is 5.53. The molecule has 0 aliphatic heterocycles. The number of rotatable bonds is 6. The van der Waals surface area contributed by atoms with Crippen LogP contribution in [0.3, 0.4) is 0 Å². The van der Waals surface area contributed by atoms with Crippen molar-refractivity contribution in [1.29, 1.82) is 0 Å². The maximum Gasteiger partial charge on any atom is 0.196 e. The lowest BCUT2D eigenvalue weighted by Crippen LogP contribution is -2.00. The number of halogens is 2. The van der Waals surface area contributed by atoms with Crippen LogP contribution in [0.2, 0.25) is 0 Å². The van der Waals surface area contributed by atoms with Gasteiger partial charge < -0.3 is 4.74 Å². The smallest absolute Gasteiger partial charge is 0.196 e. The quantitative estimate of drug-likeness (QED) is 0.346. The molecule has 0 saturated carbocycles. The van der Waals surface area contributed by atoms with E-state index in [-0.39, 0.29) is 5.82 Å². The first kappa shape index (κ1) is 19.6. The van der Waals surface area contributed by atoms with Crippen molar-refractivity contribution in [2.75, 3.05) is 7.11 Å². The Balaban J connectivity index is 1.72. The largest absolute Gasteiger partial charge is 0.497 e. The first-order valence-corrected chi connectivity index (χ1v) is 10.5. The van der Waals surface area contributed by atoms with Crippen molar-refractivity contribution in [2.24, 2.45) is 0 Å². The molecule has 2 heterocycles. The van der Waals surface area contributed by atoms with Gasteiger partial charge in [0.25, 0.3) is 0 Å². The summed E-state index contributed by atoms with van der Waals surface area (Å²) < 4.78 is 22.2. The Kier molecular flexibility index (Phi) is 5.92. The van der Waals surface area contributed by atoms with E-state index < -0.39 is 0 Å². The summed E-state index contributed by atoms with van der Waals surface area (Å²) in [5, 5.41) is 9.42. The maximum absolute atomic E-state index is 14.2. The van der Waals surface area contributed by atoms with Crippen molar-refractivity contribution < 1.29 is 9.13 Å². The molecule has 0 radical (unpaired) electrons. The van der Waals surface area contributed by atoms with Gasteiger partial charge >= 0.3 is 0 Å². The highest BCUT2D eigenvalue weighted by Crippen LogP contribution is 2.31. The summed E-state index contributed by atoms with van der Waals surface area (Å²) in [5.74, 6) is 1.63. The van der Waals surface area contributed by atoms with Gasteiger partial charge in [0.2, 0.25) is 0 Å². The molecule has 0 aliphatic carbocycles. The van der Waals surface area contributed by atoms with Crippen molar-refractivity contribution in [3.63, 3.8) is 0 Å². The van der Waals surface area contributed by atoms with Crippen LogP contribution in [0.1, 0.15) is 5.56 Å². The van der Waals surface area contributed by atoms with Crippen LogP contribution in [-0.2, 0) is 5.75 Å². The summed E-state index contributed by atoms with van der Waals surface area (Å²) in [5.41, 5.74) is 2.39. The molecule has 0 bridgehead atoms. The molecule has 8 heteroatoms. The van der Waals surface area contributed by atoms with Crippen LogP contribution in [0.15, 0.2) is 76.6 Å². The van der Waals surface area contributed by atoms with Crippen LogP contribution in [-0.4, -0.2) is 26.9 Å². The first-order valence-electron chi connectivity index (χ1n) is 8.72. The van der Waals surface area contributed by atoms with E-state index in [0.29, 0.717) is 26.8 Å². The van der Waals surface area contributed by atoms with Crippen LogP contribution < -0.4 is 4.74 Å². The highest BCUT2D eigenvalue weighted by molar-refractivity contribution is 9.10. The summed E-state index contributed by atoms with van der Waals surface area (Å²) >= 11 is 4.71. The molecule has 4 rings (SSSR count). The van der Waals surface area contributed by atoms with Crippen molar-refractivity contribution in [2.45, 2.75) is 10.9 Å². The van der Waals surface area contributed by atoms with Gasteiger partial charge in [0, 0.05) is 33.9 Å². The summed E-state index contributed by atoms with van der Waals surface area (Å²) in [6.45, 7) is 0. The molecule has 5 nitrogen and oxygen atoms in total. The van der Waals surface area contributed by atoms with Crippen molar-refractivity contribution in [1.82, 2.24) is 19.7 Å². The number of aromatic nitrogens is 4. The Morgan fingerprint density at radius 2 is 1.79 bits per heavy atom. The second-order valence-corrected chi connectivity index (χ2v) is 7.96. The minimum Gasteiger partial charge on any atom is -0.497 e. The highest BCUT2D eigenvalue weighted by Gasteiger charge is 2.17. The molecule has 0 N–H and O–H groups in total. The molecule has 146 valence electrons. The Bertz CT molecular complexity index is 1120. The maximum atomic E-state index is 14.2. The average Bonchev–Trinajstić information content (AvgIpc) is 3.18. The third-order valence-corrected chi connectivity index (χ3v) is 5.75. The number of thioether (sulfide) groups is 1. The second kappa shape index (κ2) is 8.75. The fourth-order valence-corrected chi connectivity index (χ4v) is 4.07. The number of ether oxygens (including phenoxy) is 1. The van der Waals surface area contributed by atoms with Gasteiger partial charge in [0.05, 0.1) is 7.11 Å². The van der Waals surface area contributed by atoms with Gasteiger partial charge in [-0.2, -0.15) is 0 Å². The van der Waals surface area contributed by atoms with Gasteiger partial charge in [0.1, 0.15) is 11.6 Å². The lowest BCUT2D eigenvalue weighted by atomic mass is 10.2. The van der Waals surface area contributed by atoms with E-state index in [2.05, 4.69) is 31.1 Å². The van der Waals surface area contributed by atoms with E-state index in [1.807, 2.05) is 47.0 Å². The van der Waals surface area contributed by atoms with Crippen molar-refractivity contribution in [3.05, 3.63) is 82.8 Å². The van der Waals surface area contributed by atoms with Gasteiger partial charge in [-0.3, -0.25) is 9.55 Å². The molecule has 0 atom stereocenters. The summed E-state index contributed by atoms with van der Waals surface area (Å²) in [7, 11) is 1.63. The third kappa shape index (κ3) is 4.33. The monoisotopic (exact) mass is 470 g/mol. The zero-order valence-electron chi connectivity index (χ0n) is 15.4. The summed E-state index contributed by atoms with van der Waals surface area (Å²) in [6.07, 6.45) is 3.43. The number of pyridine rings is 1. The standard InChI is InChI=1S/C21H16BrFN4OS/c1-28-18-6-4-17(5-7-18)27-20(14-8-10-24-11-9-14)25-26-21(27)29-13-15-2-3-16(22)12-19(15)23/h2-12H,13H2,1H3. The molecule has 2 aromatic carbocycles. The number of benzene rings is 2. The van der Waals surface area contributed by atoms with E-state index in [1.54, 1.807) is 25.6 Å². The molecule has 0 aliphatic rings. The van der Waals surface area contributed by atoms with E-state index in [9.17, 15) is 4.39 Å². The molecule has 4 aromatic rings. The van der Waals surface area contributed by atoms with Gasteiger partial charge in [-0.1, -0.05) is 33.8 Å². The van der Waals surface area contributed by atoms with Crippen molar-refractivity contribution >= 4 is 27.7 Å². The average molecular weight is 471 g/mol. The molecule has 0 amide bonds. The van der Waals surface area contributed by atoms with Crippen LogP contribution in [0.5, 0.6) is 5.75 Å². The lowest BCUT2D eigenvalue weighted by molar-refractivity contribution is 0.414. The SMILES string of the molecule is COc1ccc(-n2c(SCc3ccc(Br)cc3F)nnc2-c2ccncc2)cc1. The normalized spacial score (nSPS) is 10.9. The van der Waals surface area contributed by atoms with E-state index in [0.717, 1.165) is 17.0 Å². The molecular formula is C21H16BrFN4OS. The van der Waals surface area contributed by atoms with Crippen LogP contribution in [0.4, 0.5) is 4.39 Å².